The molecule has 1 N–H and O–H groups in total. The van der Waals surface area contributed by atoms with Gasteiger partial charge in [0.25, 0.3) is 0 Å². The molecule has 3 heterocycles. The topological polar surface area (TPSA) is 35.6 Å². The number of allylic oxidation sites excluding steroid dienone is 1. The molecule has 0 unspecified atom stereocenters. The minimum absolute atomic E-state index is 0.284. The van der Waals surface area contributed by atoms with Crippen LogP contribution in [0, 0.1) is 0 Å². The van der Waals surface area contributed by atoms with Crippen LogP contribution in [-0.4, -0.2) is 41.9 Å². The van der Waals surface area contributed by atoms with Crippen LogP contribution < -0.4 is 5.32 Å². The summed E-state index contributed by atoms with van der Waals surface area (Å²) in [4.78, 5) is 16.0. The van der Waals surface area contributed by atoms with Gasteiger partial charge in [0.2, 0.25) is 5.91 Å². The van der Waals surface area contributed by atoms with Gasteiger partial charge in [-0.2, -0.15) is 0 Å². The van der Waals surface area contributed by atoms with Crippen molar-refractivity contribution in [3.05, 3.63) is 11.5 Å². The van der Waals surface area contributed by atoms with Gasteiger partial charge >= 0.3 is 0 Å². The molecule has 3 rings (SSSR count). The average Bonchev–Trinajstić information content (AvgIpc) is 2.66. The summed E-state index contributed by atoms with van der Waals surface area (Å²) in [6.07, 6.45) is 3.44. The van der Waals surface area contributed by atoms with E-state index in [-0.39, 0.29) is 5.91 Å². The Hall–Kier alpha value is -1.19. The van der Waals surface area contributed by atoms with E-state index in [4.69, 9.17) is 0 Å². The highest BCUT2D eigenvalue weighted by Gasteiger charge is 2.34. The Morgan fingerprint density at radius 2 is 2.14 bits per heavy atom. The Balaban J connectivity index is 2.01. The fourth-order valence-electron chi connectivity index (χ4n) is 2.58. The van der Waals surface area contributed by atoms with Crippen LogP contribution >= 0.6 is 0 Å². The first-order valence-electron chi connectivity index (χ1n) is 5.38. The van der Waals surface area contributed by atoms with E-state index in [9.17, 15) is 4.79 Å². The summed E-state index contributed by atoms with van der Waals surface area (Å²) < 4.78 is 0. The normalized spacial score (nSPS) is 26.1. The highest BCUT2D eigenvalue weighted by Crippen LogP contribution is 2.29. The summed E-state index contributed by atoms with van der Waals surface area (Å²) in [5.74, 6) is 1.51. The molecule has 0 aromatic carbocycles. The van der Waals surface area contributed by atoms with Crippen LogP contribution in [0.4, 0.5) is 0 Å². The zero-order chi connectivity index (χ0) is 9.54. The maximum absolute atomic E-state index is 11.8. The van der Waals surface area contributed by atoms with E-state index >= 15 is 0 Å². The number of rotatable bonds is 0. The lowest BCUT2D eigenvalue weighted by molar-refractivity contribution is -0.132. The fraction of sp³-hybridized carbons (Fsp3) is 0.700. The summed E-state index contributed by atoms with van der Waals surface area (Å²) >= 11 is 0. The van der Waals surface area contributed by atoms with Crippen molar-refractivity contribution in [3.8, 4) is 0 Å². The molecule has 4 nitrogen and oxygen atoms in total. The highest BCUT2D eigenvalue weighted by molar-refractivity contribution is 5.82. The summed E-state index contributed by atoms with van der Waals surface area (Å²) in [6, 6.07) is 0. The van der Waals surface area contributed by atoms with Gasteiger partial charge in [-0.3, -0.25) is 4.79 Å². The molecule has 2 fully saturated rings. The number of amides is 1. The number of fused-ring (bicyclic) bond motifs is 2. The van der Waals surface area contributed by atoms with E-state index in [1.165, 1.54) is 17.9 Å². The summed E-state index contributed by atoms with van der Waals surface area (Å²) in [6.45, 7) is 3.47. The Bertz CT molecular complexity index is 310. The van der Waals surface area contributed by atoms with Gasteiger partial charge < -0.3 is 15.1 Å². The number of nitrogens with one attached hydrogen (secondary N) is 1. The third-order valence-electron chi connectivity index (χ3n) is 3.26. The average molecular weight is 193 g/mol. The van der Waals surface area contributed by atoms with Crippen LogP contribution in [0.3, 0.4) is 0 Å². The van der Waals surface area contributed by atoms with Crippen molar-refractivity contribution in [2.75, 3.05) is 26.2 Å². The third kappa shape index (κ3) is 1.03. The Kier molecular flexibility index (Phi) is 1.69. The molecule has 0 aromatic rings. The Morgan fingerprint density at radius 3 is 3.07 bits per heavy atom. The monoisotopic (exact) mass is 193 g/mol. The van der Waals surface area contributed by atoms with Crippen molar-refractivity contribution in [2.24, 2.45) is 0 Å². The summed E-state index contributed by atoms with van der Waals surface area (Å²) in [5.41, 5.74) is 1.24. The van der Waals surface area contributed by atoms with Gasteiger partial charge in [0, 0.05) is 19.6 Å². The minimum Gasteiger partial charge on any atom is -0.368 e. The van der Waals surface area contributed by atoms with Crippen LogP contribution in [0.25, 0.3) is 0 Å². The third-order valence-corrected chi connectivity index (χ3v) is 3.26. The molecule has 0 saturated carbocycles. The van der Waals surface area contributed by atoms with Gasteiger partial charge in [-0.15, -0.1) is 0 Å². The smallest absolute Gasteiger partial charge is 0.246 e. The second-order valence-electron chi connectivity index (χ2n) is 4.15. The Labute approximate surface area is 83.5 Å². The lowest BCUT2D eigenvalue weighted by atomic mass is 10.1. The van der Waals surface area contributed by atoms with Crippen molar-refractivity contribution in [1.82, 2.24) is 15.1 Å². The predicted octanol–water partition coefficient (Wildman–Crippen LogP) is 0.0868. The number of nitrogens with zero attached hydrogens (tertiary/aromatic N) is 2. The second kappa shape index (κ2) is 2.90. The number of hydrogen-bond donors (Lipinski definition) is 1. The standard InChI is InChI=1S/C10H15N3O/c14-9-7-12-6-4-11-10(12)8-3-1-2-5-13(8)9/h11H,1-7H2. The van der Waals surface area contributed by atoms with Crippen molar-refractivity contribution in [3.63, 3.8) is 0 Å². The van der Waals surface area contributed by atoms with Crippen molar-refractivity contribution in [1.29, 1.82) is 0 Å². The maximum atomic E-state index is 11.8. The van der Waals surface area contributed by atoms with E-state index in [1.54, 1.807) is 0 Å². The molecule has 3 aliphatic rings. The van der Waals surface area contributed by atoms with E-state index in [0.717, 1.165) is 32.5 Å². The van der Waals surface area contributed by atoms with Crippen molar-refractivity contribution >= 4 is 5.91 Å². The number of carbonyl (C=O) groups is 1. The summed E-state index contributed by atoms with van der Waals surface area (Å²) in [5, 5.41) is 3.39. The van der Waals surface area contributed by atoms with Crippen LogP contribution in [0.5, 0.6) is 0 Å². The SMILES string of the molecule is O=C1CN2CCNC2=C2CCCCN12. The van der Waals surface area contributed by atoms with Crippen molar-refractivity contribution < 1.29 is 4.79 Å². The largest absolute Gasteiger partial charge is 0.368 e. The molecule has 76 valence electrons. The lowest BCUT2D eigenvalue weighted by Gasteiger charge is -2.38. The zero-order valence-corrected chi connectivity index (χ0v) is 8.25. The fourth-order valence-corrected chi connectivity index (χ4v) is 2.58. The maximum Gasteiger partial charge on any atom is 0.246 e. The molecule has 2 saturated heterocycles. The minimum atomic E-state index is 0.284. The summed E-state index contributed by atoms with van der Waals surface area (Å²) in [7, 11) is 0. The first kappa shape index (κ1) is 8.15. The first-order chi connectivity index (χ1) is 6.86. The zero-order valence-electron chi connectivity index (χ0n) is 8.25. The van der Waals surface area contributed by atoms with E-state index in [0.29, 0.717) is 6.54 Å². The molecular weight excluding hydrogens is 178 g/mol. The molecule has 0 bridgehead atoms. The van der Waals surface area contributed by atoms with Crippen LogP contribution in [0.15, 0.2) is 11.5 Å². The molecule has 1 amide bonds. The van der Waals surface area contributed by atoms with E-state index in [2.05, 4.69) is 10.2 Å². The van der Waals surface area contributed by atoms with Crippen LogP contribution in [-0.2, 0) is 4.79 Å². The van der Waals surface area contributed by atoms with Gasteiger partial charge in [-0.05, 0) is 19.3 Å². The molecule has 0 aliphatic carbocycles. The van der Waals surface area contributed by atoms with Gasteiger partial charge in [0.1, 0.15) is 5.82 Å². The molecule has 0 aromatic heterocycles. The van der Waals surface area contributed by atoms with E-state index in [1.807, 2.05) is 4.90 Å². The lowest BCUT2D eigenvalue weighted by Crippen LogP contribution is -2.47. The molecule has 0 atom stereocenters. The molecule has 0 spiro atoms. The molecule has 3 aliphatic heterocycles. The van der Waals surface area contributed by atoms with Crippen LogP contribution in [0.1, 0.15) is 19.3 Å². The quantitative estimate of drug-likeness (QED) is 0.592. The van der Waals surface area contributed by atoms with Gasteiger partial charge in [-0.25, -0.2) is 0 Å². The van der Waals surface area contributed by atoms with Crippen molar-refractivity contribution in [2.45, 2.75) is 19.3 Å². The predicted molar refractivity (Wildman–Crippen MR) is 52.2 cm³/mol. The van der Waals surface area contributed by atoms with Gasteiger partial charge in [0.15, 0.2) is 0 Å². The van der Waals surface area contributed by atoms with Gasteiger partial charge in [-0.1, -0.05) is 0 Å². The van der Waals surface area contributed by atoms with E-state index < -0.39 is 0 Å². The molecule has 14 heavy (non-hydrogen) atoms. The van der Waals surface area contributed by atoms with Crippen LogP contribution in [0.2, 0.25) is 0 Å². The van der Waals surface area contributed by atoms with Gasteiger partial charge in [0.05, 0.1) is 12.2 Å². The number of carbonyl (C=O) groups excluding carboxylic acids is 1. The number of hydrogen-bond acceptors (Lipinski definition) is 3. The first-order valence-corrected chi connectivity index (χ1v) is 5.38. The highest BCUT2D eigenvalue weighted by atomic mass is 16.2. The Morgan fingerprint density at radius 1 is 1.21 bits per heavy atom. The molecule has 0 radical (unpaired) electrons. The molecular formula is C10H15N3O. The molecule has 4 heteroatoms. The number of piperidine rings is 1. The second-order valence-corrected chi connectivity index (χ2v) is 4.15.